The molecular formula is C18H24N2O3. The van der Waals surface area contributed by atoms with Crippen molar-refractivity contribution in [3.8, 4) is 5.75 Å². The minimum atomic E-state index is -0.0502. The van der Waals surface area contributed by atoms with E-state index in [0.717, 1.165) is 36.9 Å². The van der Waals surface area contributed by atoms with Crippen molar-refractivity contribution in [2.45, 2.75) is 31.4 Å². The number of methoxy groups -OCH3 is 1. The predicted molar refractivity (Wildman–Crippen MR) is 87.8 cm³/mol. The molecule has 1 aliphatic carbocycles. The zero-order valence-corrected chi connectivity index (χ0v) is 13.6. The average Bonchev–Trinajstić information content (AvgIpc) is 3.27. The third-order valence-corrected chi connectivity index (χ3v) is 5.07. The van der Waals surface area contributed by atoms with Crippen LogP contribution in [0.15, 0.2) is 24.3 Å². The van der Waals surface area contributed by atoms with E-state index in [2.05, 4.69) is 4.90 Å². The van der Waals surface area contributed by atoms with E-state index >= 15 is 0 Å². The average molecular weight is 316 g/mol. The van der Waals surface area contributed by atoms with Crippen LogP contribution in [0.25, 0.3) is 0 Å². The smallest absolute Gasteiger partial charge is 0.244 e. The van der Waals surface area contributed by atoms with Crippen LogP contribution in [0.3, 0.4) is 0 Å². The van der Waals surface area contributed by atoms with E-state index < -0.39 is 0 Å². The number of fused-ring (bicyclic) bond motifs is 3. The highest BCUT2D eigenvalue weighted by Gasteiger charge is 2.44. The van der Waals surface area contributed by atoms with Crippen molar-refractivity contribution in [1.82, 2.24) is 4.90 Å². The number of rotatable bonds is 5. The monoisotopic (exact) mass is 316 g/mol. The van der Waals surface area contributed by atoms with Gasteiger partial charge < -0.3 is 14.4 Å². The number of nitrogens with zero attached hydrogens (tertiary/aromatic N) is 2. The molecule has 0 radical (unpaired) electrons. The molecule has 2 aliphatic heterocycles. The molecule has 1 aromatic rings. The molecule has 0 spiro atoms. The van der Waals surface area contributed by atoms with Gasteiger partial charge in [-0.1, -0.05) is 12.1 Å². The summed E-state index contributed by atoms with van der Waals surface area (Å²) in [5.41, 5.74) is 0.873. The lowest BCUT2D eigenvalue weighted by molar-refractivity contribution is -0.123. The van der Waals surface area contributed by atoms with Crippen LogP contribution < -0.4 is 9.64 Å². The lowest BCUT2D eigenvalue weighted by atomic mass is 10.1. The van der Waals surface area contributed by atoms with E-state index in [-0.39, 0.29) is 18.1 Å². The van der Waals surface area contributed by atoms with Gasteiger partial charge in [0.25, 0.3) is 0 Å². The molecule has 1 saturated carbocycles. The Labute approximate surface area is 137 Å². The van der Waals surface area contributed by atoms with Gasteiger partial charge in [-0.05, 0) is 30.9 Å². The molecule has 2 bridgehead atoms. The van der Waals surface area contributed by atoms with Crippen molar-refractivity contribution in [2.75, 3.05) is 38.3 Å². The van der Waals surface area contributed by atoms with Crippen LogP contribution in [0.4, 0.5) is 5.69 Å². The molecular weight excluding hydrogens is 292 g/mol. The van der Waals surface area contributed by atoms with Crippen molar-refractivity contribution in [3.05, 3.63) is 24.3 Å². The topological polar surface area (TPSA) is 42.0 Å². The molecule has 2 atom stereocenters. The second-order valence-corrected chi connectivity index (χ2v) is 6.84. The lowest BCUT2D eigenvalue weighted by Crippen LogP contribution is -2.47. The molecule has 0 N–H and O–H groups in total. The first-order chi connectivity index (χ1) is 11.3. The summed E-state index contributed by atoms with van der Waals surface area (Å²) in [7, 11) is 1.67. The maximum Gasteiger partial charge on any atom is 0.244 e. The predicted octanol–water partition coefficient (Wildman–Crippen LogP) is 1.91. The minimum Gasteiger partial charge on any atom is -0.487 e. The van der Waals surface area contributed by atoms with Crippen LogP contribution in [0.2, 0.25) is 0 Å². The van der Waals surface area contributed by atoms with Crippen molar-refractivity contribution in [3.63, 3.8) is 0 Å². The van der Waals surface area contributed by atoms with Gasteiger partial charge in [0.1, 0.15) is 11.9 Å². The third-order valence-electron chi connectivity index (χ3n) is 5.07. The molecule has 124 valence electrons. The largest absolute Gasteiger partial charge is 0.487 e. The van der Waals surface area contributed by atoms with Crippen LogP contribution in [0.5, 0.6) is 5.75 Å². The van der Waals surface area contributed by atoms with Crippen molar-refractivity contribution >= 4 is 11.6 Å². The number of carbonyl (C=O) groups excluding carboxylic acids is 1. The first kappa shape index (κ1) is 15.0. The number of hydrogen-bond donors (Lipinski definition) is 0. The van der Waals surface area contributed by atoms with Crippen molar-refractivity contribution in [1.29, 1.82) is 0 Å². The van der Waals surface area contributed by atoms with E-state index in [1.54, 1.807) is 7.11 Å². The van der Waals surface area contributed by atoms with Crippen LogP contribution in [-0.4, -0.2) is 56.3 Å². The molecule has 1 aromatic carbocycles. The van der Waals surface area contributed by atoms with Crippen LogP contribution in [0, 0.1) is 5.92 Å². The van der Waals surface area contributed by atoms with E-state index in [0.29, 0.717) is 13.2 Å². The van der Waals surface area contributed by atoms with Crippen LogP contribution >= 0.6 is 0 Å². The maximum absolute atomic E-state index is 13.2. The number of para-hydroxylation sites is 2. The van der Waals surface area contributed by atoms with E-state index in [9.17, 15) is 4.79 Å². The van der Waals surface area contributed by atoms with Crippen LogP contribution in [0.1, 0.15) is 19.3 Å². The summed E-state index contributed by atoms with van der Waals surface area (Å²) in [6.07, 6.45) is 3.52. The Morgan fingerprint density at radius 3 is 2.91 bits per heavy atom. The van der Waals surface area contributed by atoms with Gasteiger partial charge in [0.2, 0.25) is 5.91 Å². The summed E-state index contributed by atoms with van der Waals surface area (Å²) < 4.78 is 11.5. The van der Waals surface area contributed by atoms with E-state index in [4.69, 9.17) is 9.47 Å². The van der Waals surface area contributed by atoms with Crippen molar-refractivity contribution < 1.29 is 14.3 Å². The molecule has 1 amide bonds. The molecule has 2 heterocycles. The highest BCUT2D eigenvalue weighted by atomic mass is 16.5. The first-order valence-corrected chi connectivity index (χ1v) is 8.56. The summed E-state index contributed by atoms with van der Waals surface area (Å²) in [5, 5.41) is 0. The zero-order valence-electron chi connectivity index (χ0n) is 13.6. The Morgan fingerprint density at radius 1 is 1.30 bits per heavy atom. The normalized spacial score (nSPS) is 27.3. The molecule has 0 aromatic heterocycles. The fraction of sp³-hybridized carbons (Fsp3) is 0.611. The van der Waals surface area contributed by atoms with E-state index in [1.165, 1.54) is 12.8 Å². The summed E-state index contributed by atoms with van der Waals surface area (Å²) in [6, 6.07) is 7.81. The molecule has 2 fully saturated rings. The van der Waals surface area contributed by atoms with Gasteiger partial charge in [0, 0.05) is 33.2 Å². The fourth-order valence-corrected chi connectivity index (χ4v) is 3.71. The highest BCUT2D eigenvalue weighted by molar-refractivity contribution is 5.99. The molecule has 3 aliphatic rings. The second-order valence-electron chi connectivity index (χ2n) is 6.84. The summed E-state index contributed by atoms with van der Waals surface area (Å²) in [4.78, 5) is 17.4. The number of hydrogen-bond acceptors (Lipinski definition) is 4. The first-order valence-electron chi connectivity index (χ1n) is 8.56. The Morgan fingerprint density at radius 2 is 2.13 bits per heavy atom. The SMILES string of the molecule is COCCN1C(=O)C2CC(CN2CC2CC2)Oc2ccccc21. The number of benzene rings is 1. The number of amides is 1. The number of carbonyl (C=O) groups is 1. The Balaban J connectivity index is 1.65. The highest BCUT2D eigenvalue weighted by Crippen LogP contribution is 2.38. The summed E-state index contributed by atoms with van der Waals surface area (Å²) >= 11 is 0. The van der Waals surface area contributed by atoms with Gasteiger partial charge >= 0.3 is 0 Å². The summed E-state index contributed by atoms with van der Waals surface area (Å²) in [5.74, 6) is 1.79. The summed E-state index contributed by atoms with van der Waals surface area (Å²) in [6.45, 7) is 2.98. The van der Waals surface area contributed by atoms with Gasteiger partial charge in [-0.2, -0.15) is 0 Å². The van der Waals surface area contributed by atoms with E-state index in [1.807, 2.05) is 29.2 Å². The number of ether oxygens (including phenoxy) is 2. The number of anilines is 1. The molecule has 4 rings (SSSR count). The van der Waals surface area contributed by atoms with Gasteiger partial charge in [0.15, 0.2) is 0 Å². The zero-order chi connectivity index (χ0) is 15.8. The van der Waals surface area contributed by atoms with Gasteiger partial charge in [0.05, 0.1) is 18.3 Å². The molecule has 23 heavy (non-hydrogen) atoms. The lowest BCUT2D eigenvalue weighted by Gasteiger charge is -2.31. The van der Waals surface area contributed by atoms with Gasteiger partial charge in [-0.15, -0.1) is 0 Å². The van der Waals surface area contributed by atoms with Gasteiger partial charge in [-0.25, -0.2) is 0 Å². The third kappa shape index (κ3) is 2.95. The fourth-order valence-electron chi connectivity index (χ4n) is 3.71. The second kappa shape index (κ2) is 6.13. The number of likely N-dealkylation sites (tertiary alicyclic amines) is 1. The molecule has 1 saturated heterocycles. The molecule has 5 nitrogen and oxygen atoms in total. The molecule has 2 unspecified atom stereocenters. The Kier molecular flexibility index (Phi) is 3.99. The Hall–Kier alpha value is -1.59. The Bertz CT molecular complexity index is 587. The van der Waals surface area contributed by atoms with Crippen LogP contribution in [-0.2, 0) is 9.53 Å². The quantitative estimate of drug-likeness (QED) is 0.832. The minimum absolute atomic E-state index is 0.0502. The molecule has 5 heteroatoms. The van der Waals surface area contributed by atoms with Crippen molar-refractivity contribution in [2.24, 2.45) is 5.92 Å². The standard InChI is InChI=1S/C18H24N2O3/c1-22-9-8-20-15-4-2-3-5-17(15)23-14-10-16(18(20)21)19(12-14)11-13-6-7-13/h2-5,13-14,16H,6-12H2,1H3. The van der Waals surface area contributed by atoms with Gasteiger partial charge in [-0.3, -0.25) is 9.69 Å². The maximum atomic E-state index is 13.2.